The number of amidine groups is 1. The maximum atomic E-state index is 12.1. The average Bonchev–Trinajstić information content (AvgIpc) is 2.92. The van der Waals surface area contributed by atoms with E-state index in [1.54, 1.807) is 6.07 Å². The summed E-state index contributed by atoms with van der Waals surface area (Å²) >= 11 is 12.7. The van der Waals surface area contributed by atoms with Gasteiger partial charge >= 0.3 is 5.97 Å². The SMILES string of the molecule is COC(=O)C(CCN(C)C)=NNC1=Nc2ccc(Cl)cc2C(c2ccccc2Cl)=NC1. The standard InChI is InChI=1S/C22H23Cl2N5O2/c1-29(2)11-10-19(22(30)31-3)27-28-20-13-25-21(15-6-4-5-7-17(15)24)16-12-14(23)8-9-18(16)26-20/h4-9,12H,10-11,13H2,1-3H3,(H,26,28). The number of fused-ring (bicyclic) bond motifs is 1. The molecule has 0 spiro atoms. The molecule has 1 aliphatic rings. The van der Waals surface area contributed by atoms with Gasteiger partial charge in [0.25, 0.3) is 0 Å². The molecule has 0 fully saturated rings. The maximum absolute atomic E-state index is 12.1. The van der Waals surface area contributed by atoms with Gasteiger partial charge < -0.3 is 9.64 Å². The number of methoxy groups -OCH3 is 1. The van der Waals surface area contributed by atoms with E-state index >= 15 is 0 Å². The largest absolute Gasteiger partial charge is 0.464 e. The van der Waals surface area contributed by atoms with Gasteiger partial charge in [0.15, 0.2) is 0 Å². The van der Waals surface area contributed by atoms with Crippen LogP contribution in [0.25, 0.3) is 0 Å². The number of hydrazone groups is 1. The van der Waals surface area contributed by atoms with Crippen molar-refractivity contribution in [3.05, 3.63) is 63.6 Å². The Balaban J connectivity index is 1.96. The zero-order valence-electron chi connectivity index (χ0n) is 17.5. The zero-order chi connectivity index (χ0) is 22.4. The van der Waals surface area contributed by atoms with Gasteiger partial charge in [0.2, 0.25) is 0 Å². The van der Waals surface area contributed by atoms with Gasteiger partial charge in [-0.15, -0.1) is 0 Å². The van der Waals surface area contributed by atoms with Crippen LogP contribution in [0.15, 0.2) is 57.6 Å². The van der Waals surface area contributed by atoms with Crippen molar-refractivity contribution in [1.82, 2.24) is 10.3 Å². The number of carbonyl (C=O) groups is 1. The third-order valence-corrected chi connectivity index (χ3v) is 5.09. The summed E-state index contributed by atoms with van der Waals surface area (Å²) in [6.07, 6.45) is 0.431. The molecule has 2 aromatic carbocycles. The van der Waals surface area contributed by atoms with Crippen LogP contribution in [-0.2, 0) is 9.53 Å². The van der Waals surface area contributed by atoms with Gasteiger partial charge in [-0.25, -0.2) is 9.79 Å². The summed E-state index contributed by atoms with van der Waals surface area (Å²) in [5.74, 6) is -0.00658. The molecule has 1 aliphatic heterocycles. The van der Waals surface area contributed by atoms with E-state index < -0.39 is 5.97 Å². The lowest BCUT2D eigenvalue weighted by atomic mass is 10.0. The van der Waals surface area contributed by atoms with E-state index in [2.05, 4.69) is 15.5 Å². The van der Waals surface area contributed by atoms with Crippen LogP contribution in [0, 0.1) is 0 Å². The molecule has 0 aliphatic carbocycles. The van der Waals surface area contributed by atoms with Crippen LogP contribution in [0.3, 0.4) is 0 Å². The van der Waals surface area contributed by atoms with Crippen LogP contribution >= 0.6 is 23.2 Å². The molecule has 1 heterocycles. The van der Waals surface area contributed by atoms with Gasteiger partial charge in [-0.3, -0.25) is 10.4 Å². The summed E-state index contributed by atoms with van der Waals surface area (Å²) in [5, 5.41) is 5.40. The van der Waals surface area contributed by atoms with Gasteiger partial charge in [0, 0.05) is 34.1 Å². The molecule has 7 nitrogen and oxygen atoms in total. The van der Waals surface area contributed by atoms with Crippen molar-refractivity contribution in [3.8, 4) is 0 Å². The summed E-state index contributed by atoms with van der Waals surface area (Å²) in [4.78, 5) is 23.4. The lowest BCUT2D eigenvalue weighted by molar-refractivity contribution is -0.132. The van der Waals surface area contributed by atoms with Gasteiger partial charge in [-0.1, -0.05) is 41.4 Å². The van der Waals surface area contributed by atoms with E-state index in [1.165, 1.54) is 7.11 Å². The van der Waals surface area contributed by atoms with E-state index in [-0.39, 0.29) is 12.3 Å². The van der Waals surface area contributed by atoms with Crippen LogP contribution in [0.4, 0.5) is 5.69 Å². The highest BCUT2D eigenvalue weighted by atomic mass is 35.5. The first-order valence-electron chi connectivity index (χ1n) is 9.61. The van der Waals surface area contributed by atoms with Gasteiger partial charge in [-0.2, -0.15) is 5.10 Å². The number of carbonyl (C=O) groups excluding carboxylic acids is 1. The Morgan fingerprint density at radius 1 is 1.19 bits per heavy atom. The van der Waals surface area contributed by atoms with Crippen LogP contribution in [0.5, 0.6) is 0 Å². The van der Waals surface area contributed by atoms with Gasteiger partial charge in [0.1, 0.15) is 11.5 Å². The van der Waals surface area contributed by atoms with Crippen molar-refractivity contribution in [1.29, 1.82) is 0 Å². The van der Waals surface area contributed by atoms with Crippen molar-refractivity contribution in [2.24, 2.45) is 15.1 Å². The van der Waals surface area contributed by atoms with Crippen LogP contribution in [0.1, 0.15) is 17.5 Å². The summed E-state index contributed by atoms with van der Waals surface area (Å²) in [6, 6.07) is 12.9. The molecule has 3 rings (SSSR count). The Labute approximate surface area is 191 Å². The number of nitrogens with one attached hydrogen (secondary N) is 1. The summed E-state index contributed by atoms with van der Waals surface area (Å²) in [6.45, 7) is 0.872. The minimum atomic E-state index is -0.490. The van der Waals surface area contributed by atoms with Crippen molar-refractivity contribution in [2.75, 3.05) is 34.3 Å². The molecule has 0 aromatic heterocycles. The first-order chi connectivity index (χ1) is 14.9. The van der Waals surface area contributed by atoms with Crippen molar-refractivity contribution < 1.29 is 9.53 Å². The highest BCUT2D eigenvalue weighted by Crippen LogP contribution is 2.30. The molecule has 0 saturated carbocycles. The first-order valence-corrected chi connectivity index (χ1v) is 10.4. The highest BCUT2D eigenvalue weighted by molar-refractivity contribution is 6.37. The van der Waals surface area contributed by atoms with Gasteiger partial charge in [-0.05, 0) is 38.4 Å². The predicted molar refractivity (Wildman–Crippen MR) is 126 cm³/mol. The molecule has 9 heteroatoms. The Hall–Kier alpha value is -2.74. The molecule has 0 amide bonds. The molecule has 2 aromatic rings. The topological polar surface area (TPSA) is 78.6 Å². The van der Waals surface area contributed by atoms with E-state index in [0.29, 0.717) is 40.2 Å². The maximum Gasteiger partial charge on any atom is 0.354 e. The van der Waals surface area contributed by atoms with Crippen molar-refractivity contribution in [2.45, 2.75) is 6.42 Å². The number of nitrogens with zero attached hydrogens (tertiary/aromatic N) is 4. The number of hydrogen-bond donors (Lipinski definition) is 1. The third-order valence-electron chi connectivity index (χ3n) is 4.52. The molecule has 0 unspecified atom stereocenters. The normalized spacial score (nSPS) is 13.8. The van der Waals surface area contributed by atoms with Crippen molar-refractivity contribution >= 4 is 52.1 Å². The second kappa shape index (κ2) is 10.5. The number of esters is 1. The van der Waals surface area contributed by atoms with Crippen LogP contribution in [-0.4, -0.2) is 62.4 Å². The molecule has 0 atom stereocenters. The Morgan fingerprint density at radius 2 is 1.97 bits per heavy atom. The minimum absolute atomic E-state index is 0.221. The first kappa shape index (κ1) is 22.9. The fraction of sp³-hybridized carbons (Fsp3) is 0.273. The predicted octanol–water partition coefficient (Wildman–Crippen LogP) is 3.94. The van der Waals surface area contributed by atoms with E-state index in [4.69, 9.17) is 32.9 Å². The Bertz CT molecular complexity index is 1060. The molecule has 31 heavy (non-hydrogen) atoms. The zero-order valence-corrected chi connectivity index (χ0v) is 19.0. The summed E-state index contributed by atoms with van der Waals surface area (Å²) in [5.41, 5.74) is 6.07. The second-order valence-electron chi connectivity index (χ2n) is 7.08. The Kier molecular flexibility index (Phi) is 7.79. The van der Waals surface area contributed by atoms with Gasteiger partial charge in [0.05, 0.1) is 25.1 Å². The molecule has 0 bridgehead atoms. The Morgan fingerprint density at radius 3 is 2.68 bits per heavy atom. The lowest BCUT2D eigenvalue weighted by Gasteiger charge is -2.10. The second-order valence-corrected chi connectivity index (χ2v) is 7.92. The molecule has 0 saturated heterocycles. The number of hydrogen-bond acceptors (Lipinski definition) is 7. The smallest absolute Gasteiger partial charge is 0.354 e. The molecule has 0 radical (unpaired) electrons. The number of rotatable bonds is 6. The van der Waals surface area contributed by atoms with Crippen LogP contribution < -0.4 is 5.43 Å². The summed E-state index contributed by atoms with van der Waals surface area (Å²) < 4.78 is 4.84. The monoisotopic (exact) mass is 459 g/mol. The highest BCUT2D eigenvalue weighted by Gasteiger charge is 2.19. The molecular formula is C22H23Cl2N5O2. The lowest BCUT2D eigenvalue weighted by Crippen LogP contribution is -2.28. The quantitative estimate of drug-likeness (QED) is 0.403. The molecule has 1 N–H and O–H groups in total. The molecular weight excluding hydrogens is 437 g/mol. The average molecular weight is 460 g/mol. The number of ether oxygens (including phenoxy) is 1. The summed E-state index contributed by atoms with van der Waals surface area (Å²) in [7, 11) is 5.17. The fourth-order valence-corrected chi connectivity index (χ4v) is 3.34. The number of benzene rings is 2. The van der Waals surface area contributed by atoms with Crippen LogP contribution in [0.2, 0.25) is 10.0 Å². The number of aliphatic imine (C=N–C) groups is 2. The van der Waals surface area contributed by atoms with E-state index in [0.717, 1.165) is 11.1 Å². The fourth-order valence-electron chi connectivity index (χ4n) is 2.94. The van der Waals surface area contributed by atoms with E-state index in [1.807, 2.05) is 55.4 Å². The third kappa shape index (κ3) is 5.91. The van der Waals surface area contributed by atoms with E-state index in [9.17, 15) is 4.79 Å². The number of halogens is 2. The minimum Gasteiger partial charge on any atom is -0.464 e. The van der Waals surface area contributed by atoms with Crippen molar-refractivity contribution in [3.63, 3.8) is 0 Å². The molecule has 162 valence electrons.